The molecular formula is C32H56O2. The predicted molar refractivity (Wildman–Crippen MR) is 146 cm³/mol. The molecule has 2 heteroatoms. The van der Waals surface area contributed by atoms with Crippen molar-refractivity contribution in [2.45, 2.75) is 108 Å². The summed E-state index contributed by atoms with van der Waals surface area (Å²) in [4.78, 5) is 0. The van der Waals surface area contributed by atoms with Crippen LogP contribution < -0.4 is 0 Å². The molecule has 0 radical (unpaired) electrons. The van der Waals surface area contributed by atoms with Crippen LogP contribution in [-0.4, -0.2) is 26.4 Å². The quantitative estimate of drug-likeness (QED) is 0.296. The maximum Gasteiger partial charge on any atom is 0.0673 e. The normalized spacial score (nSPS) is 39.2. The van der Waals surface area contributed by atoms with Crippen molar-refractivity contribution < 1.29 is 9.47 Å². The maximum absolute atomic E-state index is 5.66. The standard InChI is InChI=1S/C17H30O.C15H26O/c1-6-18-11-16(4)9-13(16)7-12-8-14-10-17(14,5)15(12,2)3;1-6-16-11-12(2)7-9-14-10-8-13(3)15(14,4)5/h12-14H,6-11H2,1-5H3;7-8,14H,6,9-11H2,1-5H3/b;12-7+/t12-,13?,14?,16?,17-;/m0./s1. The van der Waals surface area contributed by atoms with E-state index in [2.05, 4.69) is 74.5 Å². The molecule has 4 aliphatic carbocycles. The molecule has 4 rings (SSSR count). The van der Waals surface area contributed by atoms with Gasteiger partial charge in [0, 0.05) is 13.2 Å². The van der Waals surface area contributed by atoms with Crippen LogP contribution >= 0.6 is 0 Å². The molecule has 196 valence electrons. The molecule has 0 heterocycles. The van der Waals surface area contributed by atoms with Gasteiger partial charge in [0.15, 0.2) is 0 Å². The molecule has 0 spiro atoms. The summed E-state index contributed by atoms with van der Waals surface area (Å²) in [5.41, 5.74) is 5.06. The summed E-state index contributed by atoms with van der Waals surface area (Å²) in [6.07, 6.45) is 13.0. The summed E-state index contributed by atoms with van der Waals surface area (Å²) in [7, 11) is 0. The average molecular weight is 473 g/mol. The second-order valence-electron chi connectivity index (χ2n) is 13.9. The van der Waals surface area contributed by atoms with Gasteiger partial charge in [-0.05, 0) is 112 Å². The van der Waals surface area contributed by atoms with Crippen molar-refractivity contribution in [3.63, 3.8) is 0 Å². The highest BCUT2D eigenvalue weighted by Gasteiger charge is 2.68. The van der Waals surface area contributed by atoms with E-state index in [-0.39, 0.29) is 0 Å². The zero-order valence-electron chi connectivity index (χ0n) is 24.4. The minimum atomic E-state index is 0.377. The largest absolute Gasteiger partial charge is 0.381 e. The van der Waals surface area contributed by atoms with E-state index >= 15 is 0 Å². The van der Waals surface area contributed by atoms with Crippen molar-refractivity contribution in [1.29, 1.82) is 0 Å². The molecule has 0 aromatic rings. The Bertz CT molecular complexity index is 759. The Morgan fingerprint density at radius 2 is 1.65 bits per heavy atom. The van der Waals surface area contributed by atoms with Gasteiger partial charge in [-0.25, -0.2) is 0 Å². The third-order valence-corrected chi connectivity index (χ3v) is 11.2. The van der Waals surface area contributed by atoms with Gasteiger partial charge < -0.3 is 9.47 Å². The SMILES string of the molecule is CCOC/C(C)=C/CC1CC=C(C)C1(C)C.CCOCC1(C)CC1C[C@H]1CC2C[C@]2(C)C1(C)C. The third-order valence-electron chi connectivity index (χ3n) is 11.2. The lowest BCUT2D eigenvalue weighted by Gasteiger charge is -2.36. The summed E-state index contributed by atoms with van der Waals surface area (Å²) >= 11 is 0. The van der Waals surface area contributed by atoms with E-state index in [0.29, 0.717) is 21.7 Å². The minimum Gasteiger partial charge on any atom is -0.381 e. The van der Waals surface area contributed by atoms with Crippen LogP contribution in [0.4, 0.5) is 0 Å². The van der Waals surface area contributed by atoms with Gasteiger partial charge in [0.2, 0.25) is 0 Å². The van der Waals surface area contributed by atoms with Crippen LogP contribution in [0.15, 0.2) is 23.3 Å². The van der Waals surface area contributed by atoms with Gasteiger partial charge in [-0.1, -0.05) is 64.8 Å². The van der Waals surface area contributed by atoms with Crippen molar-refractivity contribution in [3.8, 4) is 0 Å². The first-order chi connectivity index (χ1) is 15.8. The van der Waals surface area contributed by atoms with Crippen LogP contribution in [0.5, 0.6) is 0 Å². The van der Waals surface area contributed by atoms with E-state index in [9.17, 15) is 0 Å². The van der Waals surface area contributed by atoms with Crippen molar-refractivity contribution in [2.75, 3.05) is 26.4 Å². The van der Waals surface area contributed by atoms with E-state index in [1.165, 1.54) is 44.1 Å². The van der Waals surface area contributed by atoms with Crippen LogP contribution in [-0.2, 0) is 9.47 Å². The molecule has 0 aliphatic heterocycles. The number of hydrogen-bond donors (Lipinski definition) is 0. The Morgan fingerprint density at radius 1 is 0.971 bits per heavy atom. The van der Waals surface area contributed by atoms with E-state index in [1.807, 2.05) is 6.92 Å². The monoisotopic (exact) mass is 472 g/mol. The lowest BCUT2D eigenvalue weighted by atomic mass is 9.69. The minimum absolute atomic E-state index is 0.377. The number of fused-ring (bicyclic) bond motifs is 1. The fourth-order valence-electron chi connectivity index (χ4n) is 7.06. The number of ether oxygens (including phenoxy) is 2. The molecule has 0 amide bonds. The molecule has 4 unspecified atom stereocenters. The zero-order chi connectivity index (χ0) is 25.4. The van der Waals surface area contributed by atoms with Gasteiger partial charge in [0.05, 0.1) is 13.2 Å². The number of rotatable bonds is 10. The Kier molecular flexibility index (Phi) is 8.57. The van der Waals surface area contributed by atoms with Crippen LogP contribution in [0, 0.1) is 45.3 Å². The first kappa shape index (κ1) is 28.0. The molecule has 0 bridgehead atoms. The highest BCUT2D eigenvalue weighted by Crippen LogP contribution is 2.75. The first-order valence-corrected chi connectivity index (χ1v) is 14.3. The molecule has 4 aliphatic rings. The van der Waals surface area contributed by atoms with Crippen molar-refractivity contribution in [1.82, 2.24) is 0 Å². The number of allylic oxidation sites excluding steroid dienone is 3. The van der Waals surface area contributed by atoms with Crippen LogP contribution in [0.2, 0.25) is 0 Å². The Morgan fingerprint density at radius 3 is 2.18 bits per heavy atom. The lowest BCUT2D eigenvalue weighted by molar-refractivity contribution is 0.0902. The van der Waals surface area contributed by atoms with Gasteiger partial charge >= 0.3 is 0 Å². The van der Waals surface area contributed by atoms with E-state index in [4.69, 9.17) is 9.47 Å². The third kappa shape index (κ3) is 5.69. The summed E-state index contributed by atoms with van der Waals surface area (Å²) in [6, 6.07) is 0. The molecule has 0 saturated heterocycles. The van der Waals surface area contributed by atoms with Gasteiger partial charge in [-0.3, -0.25) is 0 Å². The highest BCUT2D eigenvalue weighted by atomic mass is 16.5. The average Bonchev–Trinajstić information content (AvgIpc) is 3.59. The highest BCUT2D eigenvalue weighted by molar-refractivity contribution is 5.19. The van der Waals surface area contributed by atoms with Crippen LogP contribution in [0.25, 0.3) is 0 Å². The topological polar surface area (TPSA) is 18.5 Å². The molecule has 2 nitrogen and oxygen atoms in total. The Labute approximate surface area is 212 Å². The summed E-state index contributed by atoms with van der Waals surface area (Å²) in [5, 5.41) is 0. The van der Waals surface area contributed by atoms with Gasteiger partial charge in [-0.2, -0.15) is 0 Å². The summed E-state index contributed by atoms with van der Waals surface area (Å²) < 4.78 is 11.1. The van der Waals surface area contributed by atoms with Gasteiger partial charge in [0.25, 0.3) is 0 Å². The van der Waals surface area contributed by atoms with Gasteiger partial charge in [-0.15, -0.1) is 0 Å². The summed E-state index contributed by atoms with van der Waals surface area (Å²) in [6.45, 7) is 26.8. The van der Waals surface area contributed by atoms with E-state index in [1.54, 1.807) is 5.57 Å². The van der Waals surface area contributed by atoms with E-state index < -0.39 is 0 Å². The second kappa shape index (κ2) is 10.4. The molecule has 0 N–H and O–H groups in total. The smallest absolute Gasteiger partial charge is 0.0673 e. The Hall–Kier alpha value is -0.600. The molecule has 0 aromatic heterocycles. The second-order valence-corrected chi connectivity index (χ2v) is 13.9. The van der Waals surface area contributed by atoms with Crippen molar-refractivity contribution in [3.05, 3.63) is 23.3 Å². The number of hydrogen-bond acceptors (Lipinski definition) is 2. The maximum atomic E-state index is 5.66. The fraction of sp³-hybridized carbons (Fsp3) is 0.875. The van der Waals surface area contributed by atoms with Crippen LogP contribution in [0.3, 0.4) is 0 Å². The molecular weight excluding hydrogens is 416 g/mol. The van der Waals surface area contributed by atoms with Crippen LogP contribution in [0.1, 0.15) is 108 Å². The first-order valence-electron chi connectivity index (χ1n) is 14.3. The fourth-order valence-corrected chi connectivity index (χ4v) is 7.06. The van der Waals surface area contributed by atoms with E-state index in [0.717, 1.165) is 50.1 Å². The zero-order valence-corrected chi connectivity index (χ0v) is 24.4. The van der Waals surface area contributed by atoms with Crippen molar-refractivity contribution >= 4 is 0 Å². The molecule has 6 atom stereocenters. The molecule has 34 heavy (non-hydrogen) atoms. The summed E-state index contributed by atoms with van der Waals surface area (Å²) in [5.74, 6) is 3.72. The molecule has 0 aromatic carbocycles. The van der Waals surface area contributed by atoms with Gasteiger partial charge in [0.1, 0.15) is 0 Å². The molecule has 3 fully saturated rings. The predicted octanol–water partition coefficient (Wildman–Crippen LogP) is 8.86. The van der Waals surface area contributed by atoms with Crippen molar-refractivity contribution in [2.24, 2.45) is 45.3 Å². The Balaban J connectivity index is 0.000000192. The lowest BCUT2D eigenvalue weighted by Crippen LogP contribution is -2.28. The molecule has 3 saturated carbocycles.